The third kappa shape index (κ3) is 4.39. The van der Waals surface area contributed by atoms with E-state index < -0.39 is 39.8 Å². The third-order valence-corrected chi connectivity index (χ3v) is 5.49. The lowest BCUT2D eigenvalue weighted by Gasteiger charge is -2.24. The first kappa shape index (κ1) is 20.4. The van der Waals surface area contributed by atoms with Crippen LogP contribution in [0.5, 0.6) is 0 Å². The highest BCUT2D eigenvalue weighted by atomic mass is 31.2. The largest absolute Gasteiger partial charge is 0.396 e. The van der Waals surface area contributed by atoms with Gasteiger partial charge in [-0.1, -0.05) is 0 Å². The molecule has 3 N–H and O–H groups in total. The van der Waals surface area contributed by atoms with Crippen LogP contribution in [-0.4, -0.2) is 70.0 Å². The quantitative estimate of drug-likeness (QED) is 0.621. The second kappa shape index (κ2) is 7.95. The Morgan fingerprint density at radius 2 is 2.15 bits per heavy atom. The minimum absolute atomic E-state index is 0.0181. The zero-order valence-corrected chi connectivity index (χ0v) is 17.1. The lowest BCUT2D eigenvalue weighted by atomic mass is 10.0. The number of hydrogen-bond acceptors (Lipinski definition) is 10. The van der Waals surface area contributed by atoms with Crippen molar-refractivity contribution in [3.05, 3.63) is 12.7 Å². The standard InChI is InChI=1S/C14H23N5O6P2/c1-26(21)23-5-9-11(25-27(2,3)22)8(4-20)14(24-9)19-7-18-10-12(15)16-6-17-13(10)19/h6-9,11,14,20,26H,4-5H2,1-3H3,(H2,15,16,17)/t8-,9-,11+,14-/m1/s1. The topological polar surface area (TPSA) is 152 Å². The Labute approximate surface area is 156 Å². The van der Waals surface area contributed by atoms with Crippen LogP contribution in [0, 0.1) is 5.92 Å². The van der Waals surface area contributed by atoms with E-state index in [-0.39, 0.29) is 19.0 Å². The molecule has 0 radical (unpaired) electrons. The summed E-state index contributed by atoms with van der Waals surface area (Å²) in [5.74, 6) is -0.347. The van der Waals surface area contributed by atoms with Crippen molar-refractivity contribution in [3.8, 4) is 0 Å². The van der Waals surface area contributed by atoms with Gasteiger partial charge in [0.2, 0.25) is 0 Å². The summed E-state index contributed by atoms with van der Waals surface area (Å²) in [6.45, 7) is 4.11. The Kier molecular flexibility index (Phi) is 6.00. The molecular formula is C14H23N5O6P2. The fraction of sp³-hybridized carbons (Fsp3) is 0.643. The smallest absolute Gasteiger partial charge is 0.197 e. The Morgan fingerprint density at radius 3 is 2.78 bits per heavy atom. The molecule has 0 spiro atoms. The molecule has 3 heterocycles. The molecule has 27 heavy (non-hydrogen) atoms. The molecule has 1 fully saturated rings. The van der Waals surface area contributed by atoms with Crippen LogP contribution in [0.4, 0.5) is 5.82 Å². The summed E-state index contributed by atoms with van der Waals surface area (Å²) in [5, 5.41) is 9.99. The van der Waals surface area contributed by atoms with Crippen molar-refractivity contribution >= 4 is 32.4 Å². The van der Waals surface area contributed by atoms with Crippen LogP contribution in [-0.2, 0) is 22.9 Å². The molecule has 0 aliphatic carbocycles. The monoisotopic (exact) mass is 419 g/mol. The molecule has 1 aliphatic rings. The molecule has 13 heteroatoms. The van der Waals surface area contributed by atoms with Crippen LogP contribution in [0.3, 0.4) is 0 Å². The number of hydrogen-bond donors (Lipinski definition) is 2. The predicted molar refractivity (Wildman–Crippen MR) is 99.4 cm³/mol. The fourth-order valence-electron chi connectivity index (χ4n) is 3.09. The zero-order chi connectivity index (χ0) is 19.8. The van der Waals surface area contributed by atoms with Gasteiger partial charge in [0.25, 0.3) is 0 Å². The van der Waals surface area contributed by atoms with Gasteiger partial charge in [-0.2, -0.15) is 0 Å². The molecule has 11 nitrogen and oxygen atoms in total. The van der Waals surface area contributed by atoms with Gasteiger partial charge in [-0.3, -0.25) is 13.7 Å². The Hall–Kier alpha value is -1.35. The van der Waals surface area contributed by atoms with E-state index in [2.05, 4.69) is 15.0 Å². The molecular weight excluding hydrogens is 396 g/mol. The molecule has 150 valence electrons. The number of aliphatic hydroxyl groups is 1. The summed E-state index contributed by atoms with van der Waals surface area (Å²) in [5.41, 5.74) is 6.67. The molecule has 3 rings (SSSR count). The molecule has 1 saturated heterocycles. The van der Waals surface area contributed by atoms with Gasteiger partial charge < -0.3 is 24.6 Å². The van der Waals surface area contributed by atoms with Gasteiger partial charge >= 0.3 is 0 Å². The van der Waals surface area contributed by atoms with Gasteiger partial charge in [0.15, 0.2) is 26.9 Å². The predicted octanol–water partition coefficient (Wildman–Crippen LogP) is 0.958. The highest BCUT2D eigenvalue weighted by Crippen LogP contribution is 2.47. The molecule has 2 aromatic rings. The fourth-order valence-corrected chi connectivity index (χ4v) is 4.37. The number of imidazole rings is 1. The van der Waals surface area contributed by atoms with E-state index in [4.69, 9.17) is 19.5 Å². The van der Waals surface area contributed by atoms with E-state index in [0.717, 1.165) is 0 Å². The van der Waals surface area contributed by atoms with Crippen molar-refractivity contribution in [3.63, 3.8) is 0 Å². The number of anilines is 1. The van der Waals surface area contributed by atoms with Crippen molar-refractivity contribution in [1.29, 1.82) is 0 Å². The molecule has 1 unspecified atom stereocenters. The molecule has 0 saturated carbocycles. The van der Waals surface area contributed by atoms with E-state index in [1.807, 2.05) is 0 Å². The maximum absolute atomic E-state index is 12.3. The third-order valence-electron chi connectivity index (χ3n) is 4.17. The number of nitrogen functional groups attached to an aromatic ring is 1. The average molecular weight is 419 g/mol. The first-order chi connectivity index (χ1) is 12.7. The summed E-state index contributed by atoms with van der Waals surface area (Å²) >= 11 is 0. The van der Waals surface area contributed by atoms with E-state index >= 15 is 0 Å². The summed E-state index contributed by atoms with van der Waals surface area (Å²) in [6.07, 6.45) is 0.690. The van der Waals surface area contributed by atoms with Gasteiger partial charge in [-0.15, -0.1) is 0 Å². The summed E-state index contributed by atoms with van der Waals surface area (Å²) < 4.78 is 42.2. The van der Waals surface area contributed by atoms with Crippen LogP contribution in [0.2, 0.25) is 0 Å². The molecule has 0 amide bonds. The van der Waals surface area contributed by atoms with Crippen molar-refractivity contribution in [2.24, 2.45) is 5.92 Å². The van der Waals surface area contributed by atoms with Crippen LogP contribution in [0.15, 0.2) is 12.7 Å². The average Bonchev–Trinajstić information content (AvgIpc) is 3.13. The number of nitrogens with two attached hydrogens (primary N) is 1. The van der Waals surface area contributed by atoms with Gasteiger partial charge in [0.1, 0.15) is 30.3 Å². The number of ether oxygens (including phenoxy) is 1. The first-order valence-electron chi connectivity index (χ1n) is 8.27. The Bertz CT molecular complexity index is 886. The van der Waals surface area contributed by atoms with Gasteiger partial charge in [-0.25, -0.2) is 15.0 Å². The molecule has 5 atom stereocenters. The summed E-state index contributed by atoms with van der Waals surface area (Å²) in [7, 11) is -5.09. The minimum atomic E-state index is -2.90. The Balaban J connectivity index is 1.97. The van der Waals surface area contributed by atoms with Crippen molar-refractivity contribution in [2.75, 3.05) is 38.9 Å². The van der Waals surface area contributed by atoms with E-state index in [1.54, 1.807) is 4.57 Å². The highest BCUT2D eigenvalue weighted by Gasteiger charge is 2.48. The van der Waals surface area contributed by atoms with Gasteiger partial charge in [-0.05, 0) is 0 Å². The number of aliphatic hydroxyl groups excluding tert-OH is 1. The van der Waals surface area contributed by atoms with Crippen molar-refractivity contribution in [1.82, 2.24) is 19.5 Å². The summed E-state index contributed by atoms with van der Waals surface area (Å²) in [6, 6.07) is 0. The SMILES string of the molecule is C[PH](=O)OC[C@H]1O[C@@H](n2cnc3c(N)ncnc32)[C@H](CO)[C@@H]1OP(C)(C)=O. The molecule has 1 aliphatic heterocycles. The maximum Gasteiger partial charge on any atom is 0.197 e. The first-order valence-corrected chi connectivity index (χ1v) is 12.6. The lowest BCUT2D eigenvalue weighted by molar-refractivity contribution is -0.0381. The Morgan fingerprint density at radius 1 is 1.41 bits per heavy atom. The van der Waals surface area contributed by atoms with Gasteiger partial charge in [0.05, 0.1) is 25.5 Å². The lowest BCUT2D eigenvalue weighted by Crippen LogP contribution is -2.34. The van der Waals surface area contributed by atoms with Crippen molar-refractivity contribution < 1.29 is 28.0 Å². The van der Waals surface area contributed by atoms with E-state index in [0.29, 0.717) is 11.2 Å². The van der Waals surface area contributed by atoms with Crippen molar-refractivity contribution in [2.45, 2.75) is 18.4 Å². The van der Waals surface area contributed by atoms with Crippen LogP contribution in [0.1, 0.15) is 6.23 Å². The number of fused-ring (bicyclic) bond motifs is 1. The van der Waals surface area contributed by atoms with Gasteiger partial charge in [0, 0.05) is 20.0 Å². The zero-order valence-electron chi connectivity index (χ0n) is 15.2. The number of nitrogens with zero attached hydrogens (tertiary/aromatic N) is 4. The number of aromatic nitrogens is 4. The maximum atomic E-state index is 12.3. The minimum Gasteiger partial charge on any atom is -0.396 e. The molecule has 0 bridgehead atoms. The normalized spacial score (nSPS) is 27.3. The molecule has 2 aromatic heterocycles. The number of rotatable bonds is 7. The van der Waals surface area contributed by atoms with E-state index in [9.17, 15) is 14.2 Å². The second-order valence-corrected chi connectivity index (χ2v) is 10.6. The van der Waals surface area contributed by atoms with Crippen LogP contribution >= 0.6 is 15.4 Å². The highest BCUT2D eigenvalue weighted by molar-refractivity contribution is 7.57. The molecule has 0 aromatic carbocycles. The summed E-state index contributed by atoms with van der Waals surface area (Å²) in [4.78, 5) is 12.3. The van der Waals surface area contributed by atoms with Crippen LogP contribution in [0.25, 0.3) is 11.2 Å². The van der Waals surface area contributed by atoms with E-state index in [1.165, 1.54) is 32.6 Å². The van der Waals surface area contributed by atoms with Crippen LogP contribution < -0.4 is 5.73 Å². The second-order valence-electron chi connectivity index (χ2n) is 6.62.